The number of carbonyl (C=O) groups is 3. The van der Waals surface area contributed by atoms with E-state index in [0.29, 0.717) is 28.3 Å². The number of furan rings is 1. The van der Waals surface area contributed by atoms with E-state index in [1.54, 1.807) is 36.4 Å². The summed E-state index contributed by atoms with van der Waals surface area (Å²) in [7, 11) is 0. The molecule has 1 aliphatic carbocycles. The molecule has 36 heavy (non-hydrogen) atoms. The first kappa shape index (κ1) is 26.3. The SMILES string of the molecule is C[C@@](NC(=O)c1oc2cc(Br)ccc2c1NC(=O)Nc1c(Cl)cccc1Cl)(C(=O)O)C1CCCCC1. The number of carbonyl (C=O) groups excluding carboxylic acids is 2. The maximum atomic E-state index is 13.4. The molecule has 3 amide bonds. The number of hydrogen-bond donors (Lipinski definition) is 4. The number of fused-ring (bicyclic) bond motifs is 1. The highest BCUT2D eigenvalue weighted by Gasteiger charge is 2.44. The van der Waals surface area contributed by atoms with E-state index in [2.05, 4.69) is 31.9 Å². The Labute approximate surface area is 225 Å². The molecule has 11 heteroatoms. The number of halogens is 3. The Kier molecular flexibility index (Phi) is 7.82. The van der Waals surface area contributed by atoms with E-state index >= 15 is 0 Å². The fraction of sp³-hybridized carbons (Fsp3) is 0.320. The number of urea groups is 1. The summed E-state index contributed by atoms with van der Waals surface area (Å²) in [5.74, 6) is -2.31. The van der Waals surface area contributed by atoms with Gasteiger partial charge in [0.2, 0.25) is 5.76 Å². The van der Waals surface area contributed by atoms with Gasteiger partial charge in [-0.2, -0.15) is 0 Å². The third kappa shape index (κ3) is 5.33. The molecule has 190 valence electrons. The molecular weight excluding hydrogens is 573 g/mol. The summed E-state index contributed by atoms with van der Waals surface area (Å²) in [6.45, 7) is 1.52. The second-order valence-electron chi connectivity index (χ2n) is 8.92. The number of aliphatic carboxylic acids is 1. The van der Waals surface area contributed by atoms with Crippen LogP contribution in [-0.2, 0) is 4.79 Å². The first-order chi connectivity index (χ1) is 17.1. The van der Waals surface area contributed by atoms with Crippen molar-refractivity contribution < 1.29 is 23.9 Å². The van der Waals surface area contributed by atoms with Gasteiger partial charge in [-0.05, 0) is 56.0 Å². The van der Waals surface area contributed by atoms with Crippen molar-refractivity contribution in [2.45, 2.75) is 44.6 Å². The van der Waals surface area contributed by atoms with Gasteiger partial charge in [0.05, 0.1) is 15.7 Å². The molecule has 0 spiro atoms. The van der Waals surface area contributed by atoms with E-state index in [9.17, 15) is 19.5 Å². The Morgan fingerprint density at radius 3 is 2.31 bits per heavy atom. The molecule has 0 radical (unpaired) electrons. The van der Waals surface area contributed by atoms with E-state index in [1.165, 1.54) is 6.92 Å². The third-order valence-corrected chi connectivity index (χ3v) is 7.66. The zero-order valence-corrected chi connectivity index (χ0v) is 22.4. The van der Waals surface area contributed by atoms with Gasteiger partial charge in [-0.3, -0.25) is 4.79 Å². The molecule has 2 aromatic carbocycles. The summed E-state index contributed by atoms with van der Waals surface area (Å²) in [5.41, 5.74) is -0.875. The quantitative estimate of drug-likeness (QED) is 0.238. The summed E-state index contributed by atoms with van der Waals surface area (Å²) in [6.07, 6.45) is 4.24. The minimum Gasteiger partial charge on any atom is -0.480 e. The van der Waals surface area contributed by atoms with Crippen molar-refractivity contribution in [3.8, 4) is 0 Å². The van der Waals surface area contributed by atoms with Crippen molar-refractivity contribution in [1.82, 2.24) is 5.32 Å². The first-order valence-corrected chi connectivity index (χ1v) is 12.9. The number of para-hydroxylation sites is 1. The largest absolute Gasteiger partial charge is 0.480 e. The lowest BCUT2D eigenvalue weighted by Crippen LogP contribution is -2.57. The molecule has 4 N–H and O–H groups in total. The molecule has 1 saturated carbocycles. The zero-order chi connectivity index (χ0) is 26.0. The van der Waals surface area contributed by atoms with Crippen LogP contribution in [0.25, 0.3) is 11.0 Å². The van der Waals surface area contributed by atoms with Gasteiger partial charge >= 0.3 is 12.0 Å². The maximum absolute atomic E-state index is 13.4. The molecule has 4 rings (SSSR count). The molecular formula is C25H24BrCl2N3O5. The Hall–Kier alpha value is -2.75. The highest BCUT2D eigenvalue weighted by atomic mass is 79.9. The van der Waals surface area contributed by atoms with Crippen molar-refractivity contribution in [2.75, 3.05) is 10.6 Å². The second kappa shape index (κ2) is 10.7. The molecule has 1 aromatic heterocycles. The number of carboxylic acids is 1. The van der Waals surface area contributed by atoms with Gasteiger partial charge in [-0.1, -0.05) is 64.5 Å². The van der Waals surface area contributed by atoms with Gasteiger partial charge in [-0.15, -0.1) is 0 Å². The number of benzene rings is 2. The van der Waals surface area contributed by atoms with Crippen LogP contribution in [0.5, 0.6) is 0 Å². The number of hydrogen-bond acceptors (Lipinski definition) is 4. The minimum atomic E-state index is -1.50. The Balaban J connectivity index is 1.67. The zero-order valence-electron chi connectivity index (χ0n) is 19.3. The van der Waals surface area contributed by atoms with Crippen molar-refractivity contribution in [3.63, 3.8) is 0 Å². The van der Waals surface area contributed by atoms with Crippen LogP contribution in [0.4, 0.5) is 16.2 Å². The van der Waals surface area contributed by atoms with Gasteiger partial charge in [0.1, 0.15) is 16.8 Å². The molecule has 1 atom stereocenters. The summed E-state index contributed by atoms with van der Waals surface area (Å²) in [5, 5.41) is 18.9. The van der Waals surface area contributed by atoms with Crippen LogP contribution in [0, 0.1) is 5.92 Å². The summed E-state index contributed by atoms with van der Waals surface area (Å²) < 4.78 is 6.52. The van der Waals surface area contributed by atoms with Gasteiger partial charge in [0, 0.05) is 9.86 Å². The van der Waals surface area contributed by atoms with Gasteiger partial charge in [0.25, 0.3) is 5.91 Å². The number of amides is 3. The predicted molar refractivity (Wildman–Crippen MR) is 143 cm³/mol. The summed E-state index contributed by atoms with van der Waals surface area (Å²) in [6, 6.07) is 9.14. The number of carboxylic acid groups (broad SMARTS) is 1. The monoisotopic (exact) mass is 595 g/mol. The van der Waals surface area contributed by atoms with Crippen LogP contribution in [0.1, 0.15) is 49.6 Å². The second-order valence-corrected chi connectivity index (χ2v) is 10.6. The molecule has 1 heterocycles. The van der Waals surface area contributed by atoms with Gasteiger partial charge < -0.3 is 25.5 Å². The third-order valence-electron chi connectivity index (χ3n) is 6.54. The fourth-order valence-corrected chi connectivity index (χ4v) is 5.36. The highest BCUT2D eigenvalue weighted by molar-refractivity contribution is 9.10. The van der Waals surface area contributed by atoms with E-state index in [4.69, 9.17) is 27.6 Å². The lowest BCUT2D eigenvalue weighted by Gasteiger charge is -2.36. The molecule has 1 aliphatic rings. The minimum absolute atomic E-state index is 0.0899. The molecule has 8 nitrogen and oxygen atoms in total. The lowest BCUT2D eigenvalue weighted by molar-refractivity contribution is -0.146. The van der Waals surface area contributed by atoms with Crippen LogP contribution >= 0.6 is 39.1 Å². The topological polar surface area (TPSA) is 121 Å². The Bertz CT molecular complexity index is 1320. The van der Waals surface area contributed by atoms with E-state index < -0.39 is 23.4 Å². The normalized spacial score (nSPS) is 15.8. The Morgan fingerprint density at radius 1 is 1.03 bits per heavy atom. The van der Waals surface area contributed by atoms with Gasteiger partial charge in [-0.25, -0.2) is 9.59 Å². The van der Waals surface area contributed by atoms with Crippen molar-refractivity contribution in [3.05, 3.63) is 56.7 Å². The van der Waals surface area contributed by atoms with E-state index in [1.807, 2.05) is 0 Å². The smallest absolute Gasteiger partial charge is 0.329 e. The average molecular weight is 597 g/mol. The van der Waals surface area contributed by atoms with Crippen molar-refractivity contribution >= 4 is 79.4 Å². The van der Waals surface area contributed by atoms with E-state index in [-0.39, 0.29) is 33.1 Å². The predicted octanol–water partition coefficient (Wildman–Crippen LogP) is 7.30. The fourth-order valence-electron chi connectivity index (χ4n) is 4.53. The first-order valence-electron chi connectivity index (χ1n) is 11.4. The van der Waals surface area contributed by atoms with Crippen molar-refractivity contribution in [2.24, 2.45) is 5.92 Å². The van der Waals surface area contributed by atoms with Crippen LogP contribution in [0.3, 0.4) is 0 Å². The maximum Gasteiger partial charge on any atom is 0.329 e. The molecule has 1 fully saturated rings. The average Bonchev–Trinajstić information content (AvgIpc) is 3.19. The van der Waals surface area contributed by atoms with Crippen LogP contribution in [0.15, 0.2) is 45.3 Å². The standard InChI is InChI=1S/C25H24BrCl2N3O5/c1-25(23(33)34,13-6-3-2-4-7-13)31-22(32)21-19(15-11-10-14(26)12-18(15)36-21)29-24(35)30-20-16(27)8-5-9-17(20)28/h5,8-13H,2-4,6-7H2,1H3,(H,31,32)(H,33,34)(H2,29,30,35)/t25-/m0/s1. The number of nitrogens with one attached hydrogen (secondary N) is 3. The van der Waals surface area contributed by atoms with Crippen LogP contribution < -0.4 is 16.0 Å². The molecule has 0 unspecified atom stereocenters. The van der Waals surface area contributed by atoms with Crippen LogP contribution in [0.2, 0.25) is 10.0 Å². The van der Waals surface area contributed by atoms with Crippen molar-refractivity contribution in [1.29, 1.82) is 0 Å². The number of anilines is 2. The molecule has 0 aliphatic heterocycles. The van der Waals surface area contributed by atoms with Crippen LogP contribution in [-0.4, -0.2) is 28.6 Å². The molecule has 0 bridgehead atoms. The highest BCUT2D eigenvalue weighted by Crippen LogP contribution is 2.37. The van der Waals surface area contributed by atoms with Gasteiger partial charge in [0.15, 0.2) is 0 Å². The Morgan fingerprint density at radius 2 is 1.67 bits per heavy atom. The number of rotatable bonds is 6. The summed E-state index contributed by atoms with van der Waals surface area (Å²) >= 11 is 15.7. The molecule has 3 aromatic rings. The summed E-state index contributed by atoms with van der Waals surface area (Å²) in [4.78, 5) is 38.6. The lowest BCUT2D eigenvalue weighted by atomic mass is 9.75. The van der Waals surface area contributed by atoms with E-state index in [0.717, 1.165) is 19.3 Å². The molecule has 0 saturated heterocycles.